The Balaban J connectivity index is 1.93. The van der Waals surface area contributed by atoms with E-state index < -0.39 is 0 Å². The van der Waals surface area contributed by atoms with Gasteiger partial charge in [0.25, 0.3) is 0 Å². The number of carbonyl (C=O) groups is 1. The number of rotatable bonds is 12. The molecule has 0 spiro atoms. The molecule has 0 fully saturated rings. The van der Waals surface area contributed by atoms with E-state index in [2.05, 4.69) is 91.5 Å². The molecule has 1 aromatic carbocycles. The maximum atomic E-state index is 12.4. The van der Waals surface area contributed by atoms with Crippen LogP contribution in [0.3, 0.4) is 0 Å². The fraction of sp³-hybridized carbons (Fsp3) is 0.395. The van der Waals surface area contributed by atoms with E-state index in [9.17, 15) is 4.79 Å². The van der Waals surface area contributed by atoms with Crippen LogP contribution in [0.4, 0.5) is 0 Å². The van der Waals surface area contributed by atoms with Crippen molar-refractivity contribution in [3.8, 4) is 5.75 Å². The van der Waals surface area contributed by atoms with E-state index in [1.807, 2.05) is 49.4 Å². The maximum absolute atomic E-state index is 12.4. The second kappa shape index (κ2) is 15.4. The SMILES string of the molecule is C=CC(C)(/C=C/c1ccc(OC(=O)/C=C(C)/C=C/C=C(C)/C=C/C2=C(C)CCCC2(C)C)cc1)CCC=C(C)C. The van der Waals surface area contributed by atoms with Crippen molar-refractivity contribution in [2.24, 2.45) is 10.8 Å². The van der Waals surface area contributed by atoms with Crippen LogP contribution >= 0.6 is 0 Å². The molecule has 0 saturated heterocycles. The van der Waals surface area contributed by atoms with Crippen LogP contribution in [0.5, 0.6) is 5.75 Å². The van der Waals surface area contributed by atoms with Crippen LogP contribution in [0.1, 0.15) is 93.1 Å². The molecule has 0 aliphatic heterocycles. The molecule has 1 aliphatic rings. The Hall–Kier alpha value is -3.39. The van der Waals surface area contributed by atoms with Gasteiger partial charge in [0.1, 0.15) is 5.75 Å². The minimum absolute atomic E-state index is 0.0696. The summed E-state index contributed by atoms with van der Waals surface area (Å²) in [6, 6.07) is 7.58. The minimum Gasteiger partial charge on any atom is -0.423 e. The molecule has 1 aromatic rings. The van der Waals surface area contributed by atoms with Gasteiger partial charge in [-0.1, -0.05) is 104 Å². The second-order valence-corrected chi connectivity index (χ2v) is 12.3. The van der Waals surface area contributed by atoms with Crippen LogP contribution in [0.25, 0.3) is 6.08 Å². The predicted octanol–water partition coefficient (Wildman–Crippen LogP) is 11.1. The number of carbonyl (C=O) groups excluding carboxylic acids is 1. The first-order valence-electron chi connectivity index (χ1n) is 14.5. The average molecular weight is 539 g/mol. The Bertz CT molecular complexity index is 1230. The largest absolute Gasteiger partial charge is 0.423 e. The first kappa shape index (κ1) is 32.8. The smallest absolute Gasteiger partial charge is 0.336 e. The van der Waals surface area contributed by atoms with Crippen LogP contribution in [-0.2, 0) is 4.79 Å². The highest BCUT2D eigenvalue weighted by molar-refractivity contribution is 5.85. The third-order valence-corrected chi connectivity index (χ3v) is 7.58. The zero-order chi connectivity index (χ0) is 29.8. The Morgan fingerprint density at radius 3 is 2.38 bits per heavy atom. The number of hydrogen-bond acceptors (Lipinski definition) is 2. The van der Waals surface area contributed by atoms with Crippen molar-refractivity contribution in [1.82, 2.24) is 0 Å². The molecular formula is C38H50O2. The Morgan fingerprint density at radius 2 is 1.75 bits per heavy atom. The standard InChI is InChI=1S/C38H50O2/c1-10-38(9,26-12-14-29(2)3)27-24-33-19-21-34(22-20-33)40-36(39)28-31(5)16-11-15-30(4)18-23-35-32(6)17-13-25-37(35,7)8/h10-11,14-16,18-24,27-28H,1,12-13,17,25-26H2,2-9H3/b16-11+,23-18+,27-24+,30-15+,31-28+. The fourth-order valence-electron chi connectivity index (χ4n) is 4.87. The molecule has 1 aliphatic carbocycles. The highest BCUT2D eigenvalue weighted by Crippen LogP contribution is 2.40. The van der Waals surface area contributed by atoms with Crippen LogP contribution in [0, 0.1) is 10.8 Å². The summed E-state index contributed by atoms with van der Waals surface area (Å²) in [6.45, 7) is 21.4. The lowest BCUT2D eigenvalue weighted by molar-refractivity contribution is -0.129. The third-order valence-electron chi connectivity index (χ3n) is 7.58. The van der Waals surface area contributed by atoms with Gasteiger partial charge in [-0.3, -0.25) is 0 Å². The number of allylic oxidation sites excluding steroid dienone is 13. The monoisotopic (exact) mass is 538 g/mol. The molecule has 0 aromatic heterocycles. The van der Waals surface area contributed by atoms with E-state index >= 15 is 0 Å². The molecule has 0 saturated carbocycles. The quantitative estimate of drug-likeness (QED) is 0.0869. The third kappa shape index (κ3) is 11.4. The molecule has 0 heterocycles. The zero-order valence-corrected chi connectivity index (χ0v) is 26.1. The lowest BCUT2D eigenvalue weighted by Crippen LogP contribution is -2.19. The van der Waals surface area contributed by atoms with E-state index in [1.165, 1.54) is 47.6 Å². The van der Waals surface area contributed by atoms with Gasteiger partial charge < -0.3 is 4.74 Å². The normalized spacial score (nSPS) is 17.9. The number of hydrogen-bond donors (Lipinski definition) is 0. The van der Waals surface area contributed by atoms with Gasteiger partial charge in [0, 0.05) is 11.5 Å². The van der Waals surface area contributed by atoms with E-state index in [1.54, 1.807) is 0 Å². The van der Waals surface area contributed by atoms with Gasteiger partial charge in [0.15, 0.2) is 0 Å². The van der Waals surface area contributed by atoms with Gasteiger partial charge in [-0.2, -0.15) is 0 Å². The van der Waals surface area contributed by atoms with E-state index in [0.717, 1.165) is 24.0 Å². The van der Waals surface area contributed by atoms with Gasteiger partial charge in [-0.05, 0) is 101 Å². The Labute approximate surface area is 244 Å². The summed E-state index contributed by atoms with van der Waals surface area (Å²) in [5.74, 6) is 0.146. The summed E-state index contributed by atoms with van der Waals surface area (Å²) < 4.78 is 5.52. The van der Waals surface area contributed by atoms with Crippen molar-refractivity contribution in [2.75, 3.05) is 0 Å². The topological polar surface area (TPSA) is 26.3 Å². The van der Waals surface area contributed by atoms with E-state index in [0.29, 0.717) is 5.75 Å². The first-order chi connectivity index (χ1) is 18.8. The van der Waals surface area contributed by atoms with E-state index in [4.69, 9.17) is 4.74 Å². The van der Waals surface area contributed by atoms with Crippen molar-refractivity contribution in [3.05, 3.63) is 119 Å². The summed E-state index contributed by atoms with van der Waals surface area (Å²) in [6.07, 6.45) is 26.3. The molecule has 1 atom stereocenters. The Kier molecular flexibility index (Phi) is 12.6. The van der Waals surface area contributed by atoms with Crippen molar-refractivity contribution in [3.63, 3.8) is 0 Å². The molecule has 2 rings (SSSR count). The second-order valence-electron chi connectivity index (χ2n) is 12.3. The van der Waals surface area contributed by atoms with E-state index in [-0.39, 0.29) is 16.8 Å². The lowest BCUT2D eigenvalue weighted by Gasteiger charge is -2.32. The summed E-state index contributed by atoms with van der Waals surface area (Å²) in [5, 5.41) is 0. The highest BCUT2D eigenvalue weighted by Gasteiger charge is 2.26. The summed E-state index contributed by atoms with van der Waals surface area (Å²) in [7, 11) is 0. The van der Waals surface area contributed by atoms with Crippen molar-refractivity contribution < 1.29 is 9.53 Å². The predicted molar refractivity (Wildman–Crippen MR) is 174 cm³/mol. The molecule has 2 nitrogen and oxygen atoms in total. The zero-order valence-electron chi connectivity index (χ0n) is 26.1. The molecule has 0 N–H and O–H groups in total. The van der Waals surface area contributed by atoms with Crippen LogP contribution < -0.4 is 4.74 Å². The van der Waals surface area contributed by atoms with Gasteiger partial charge in [-0.15, -0.1) is 6.58 Å². The Morgan fingerprint density at radius 1 is 1.05 bits per heavy atom. The van der Waals surface area contributed by atoms with Crippen LogP contribution in [-0.4, -0.2) is 5.97 Å². The maximum Gasteiger partial charge on any atom is 0.336 e. The minimum atomic E-state index is -0.383. The molecular weight excluding hydrogens is 488 g/mol. The average Bonchev–Trinajstić information content (AvgIpc) is 2.87. The first-order valence-corrected chi connectivity index (χ1v) is 14.5. The number of benzene rings is 1. The number of esters is 1. The molecule has 0 bridgehead atoms. The molecule has 0 radical (unpaired) electrons. The summed E-state index contributed by atoms with van der Waals surface area (Å²) in [4.78, 5) is 12.4. The van der Waals surface area contributed by atoms with Crippen LogP contribution in [0.2, 0.25) is 0 Å². The van der Waals surface area contributed by atoms with Gasteiger partial charge in [0.2, 0.25) is 0 Å². The van der Waals surface area contributed by atoms with Crippen LogP contribution in [0.15, 0.2) is 113 Å². The molecule has 214 valence electrons. The van der Waals surface area contributed by atoms with Gasteiger partial charge in [-0.25, -0.2) is 4.79 Å². The fourth-order valence-corrected chi connectivity index (χ4v) is 4.87. The molecule has 0 amide bonds. The van der Waals surface area contributed by atoms with Crippen molar-refractivity contribution >= 4 is 12.0 Å². The lowest BCUT2D eigenvalue weighted by atomic mass is 9.72. The molecule has 1 unspecified atom stereocenters. The van der Waals surface area contributed by atoms with Gasteiger partial charge in [0.05, 0.1) is 0 Å². The van der Waals surface area contributed by atoms with Crippen molar-refractivity contribution in [1.29, 1.82) is 0 Å². The molecule has 40 heavy (non-hydrogen) atoms. The van der Waals surface area contributed by atoms with Crippen molar-refractivity contribution in [2.45, 2.75) is 87.5 Å². The number of ether oxygens (including phenoxy) is 1. The summed E-state index contributed by atoms with van der Waals surface area (Å²) >= 11 is 0. The molecule has 2 heteroatoms. The van der Waals surface area contributed by atoms with Gasteiger partial charge >= 0.3 is 5.97 Å². The summed E-state index contributed by atoms with van der Waals surface area (Å²) in [5.41, 5.74) is 7.53. The highest BCUT2D eigenvalue weighted by atomic mass is 16.5.